The molecule has 2 aromatic rings. The topological polar surface area (TPSA) is 70.1 Å². The fraction of sp³-hybridized carbons (Fsp3) is 0.0909. The van der Waals surface area contributed by atoms with Crippen molar-refractivity contribution in [2.75, 3.05) is 0 Å². The molecule has 0 radical (unpaired) electrons. The van der Waals surface area contributed by atoms with Gasteiger partial charge in [-0.3, -0.25) is 4.79 Å². The van der Waals surface area contributed by atoms with Crippen LogP contribution in [0.3, 0.4) is 0 Å². The van der Waals surface area contributed by atoms with E-state index in [0.29, 0.717) is 5.69 Å². The third-order valence-corrected chi connectivity index (χ3v) is 2.16. The number of benzene rings is 1. The van der Waals surface area contributed by atoms with E-state index in [1.165, 1.54) is 0 Å². The molecular weight excluding hydrogens is 263 g/mol. The number of alkyl halides is 3. The van der Waals surface area contributed by atoms with E-state index in [2.05, 4.69) is 9.84 Å². The van der Waals surface area contributed by atoms with Crippen molar-refractivity contribution in [1.29, 1.82) is 0 Å². The average Bonchev–Trinajstić information content (AvgIpc) is 2.72. The van der Waals surface area contributed by atoms with Gasteiger partial charge >= 0.3 is 6.36 Å². The summed E-state index contributed by atoms with van der Waals surface area (Å²) in [5, 5.41) is 3.56. The largest absolute Gasteiger partial charge is 0.574 e. The summed E-state index contributed by atoms with van der Waals surface area (Å²) in [6.07, 6.45) is -4.88. The average molecular weight is 271 g/mol. The molecule has 0 aliphatic carbocycles. The van der Waals surface area contributed by atoms with Crippen molar-refractivity contribution in [1.82, 2.24) is 9.78 Å². The van der Waals surface area contributed by atoms with Crippen molar-refractivity contribution in [2.24, 2.45) is 5.73 Å². The van der Waals surface area contributed by atoms with Crippen LogP contribution in [0.25, 0.3) is 5.69 Å². The number of halogens is 3. The minimum Gasteiger partial charge on any atom is -0.386 e. The first-order valence-corrected chi connectivity index (χ1v) is 5.08. The fourth-order valence-electron chi connectivity index (χ4n) is 1.47. The van der Waals surface area contributed by atoms with Gasteiger partial charge in [-0.25, -0.2) is 4.68 Å². The number of para-hydroxylation sites is 1. The number of carbonyl (C=O) groups is 1. The highest BCUT2D eigenvalue weighted by Crippen LogP contribution is 2.23. The van der Waals surface area contributed by atoms with E-state index in [9.17, 15) is 18.0 Å². The van der Waals surface area contributed by atoms with Crippen LogP contribution in [-0.2, 0) is 0 Å². The van der Waals surface area contributed by atoms with Crippen LogP contribution in [0.2, 0.25) is 0 Å². The smallest absolute Gasteiger partial charge is 0.386 e. The molecule has 2 N–H and O–H groups in total. The van der Waals surface area contributed by atoms with E-state index >= 15 is 0 Å². The van der Waals surface area contributed by atoms with Crippen molar-refractivity contribution in [3.63, 3.8) is 0 Å². The Morgan fingerprint density at radius 1 is 1.26 bits per heavy atom. The van der Waals surface area contributed by atoms with Gasteiger partial charge in [-0.2, -0.15) is 0 Å². The first kappa shape index (κ1) is 12.9. The lowest BCUT2D eigenvalue weighted by Gasteiger charge is -2.05. The number of nitrogens with zero attached hydrogens (tertiary/aromatic N) is 2. The highest BCUT2D eigenvalue weighted by molar-refractivity contribution is 5.92. The Kier molecular flexibility index (Phi) is 3.16. The van der Waals surface area contributed by atoms with E-state index in [-0.39, 0.29) is 5.69 Å². The second-order valence-corrected chi connectivity index (χ2v) is 3.53. The van der Waals surface area contributed by atoms with Gasteiger partial charge in [-0.15, -0.1) is 18.3 Å². The highest BCUT2D eigenvalue weighted by Gasteiger charge is 2.33. The number of aromatic nitrogens is 2. The molecule has 0 unspecified atom stereocenters. The zero-order chi connectivity index (χ0) is 14.0. The monoisotopic (exact) mass is 271 g/mol. The molecule has 8 heteroatoms. The van der Waals surface area contributed by atoms with Gasteiger partial charge in [0.15, 0.2) is 0 Å². The van der Waals surface area contributed by atoms with Crippen LogP contribution in [0.15, 0.2) is 36.4 Å². The van der Waals surface area contributed by atoms with Crippen LogP contribution in [0.5, 0.6) is 5.88 Å². The minimum absolute atomic E-state index is 0.203. The summed E-state index contributed by atoms with van der Waals surface area (Å²) in [6, 6.07) is 8.97. The number of amides is 1. The summed E-state index contributed by atoms with van der Waals surface area (Å²) in [7, 11) is 0. The van der Waals surface area contributed by atoms with E-state index < -0.39 is 18.1 Å². The molecule has 2 rings (SSSR count). The Morgan fingerprint density at radius 2 is 1.89 bits per heavy atom. The lowest BCUT2D eigenvalue weighted by Crippen LogP contribution is -2.17. The summed E-state index contributed by atoms with van der Waals surface area (Å²) in [5.41, 5.74) is 5.29. The lowest BCUT2D eigenvalue weighted by molar-refractivity contribution is -0.276. The molecule has 0 aliphatic rings. The molecule has 0 aliphatic heterocycles. The SMILES string of the molecule is NC(=O)c1cc(OC(F)(F)F)nn1-c1ccccc1. The summed E-state index contributed by atoms with van der Waals surface area (Å²) in [6.45, 7) is 0. The van der Waals surface area contributed by atoms with E-state index in [4.69, 9.17) is 5.73 Å². The van der Waals surface area contributed by atoms with Gasteiger partial charge in [0.1, 0.15) is 5.69 Å². The molecule has 1 amide bonds. The van der Waals surface area contributed by atoms with Crippen LogP contribution in [0, 0.1) is 0 Å². The molecule has 100 valence electrons. The third kappa shape index (κ3) is 3.03. The second-order valence-electron chi connectivity index (χ2n) is 3.53. The Balaban J connectivity index is 2.45. The number of hydrogen-bond donors (Lipinski definition) is 1. The Labute approximate surface area is 105 Å². The van der Waals surface area contributed by atoms with Gasteiger partial charge in [0.25, 0.3) is 5.91 Å². The Morgan fingerprint density at radius 3 is 2.42 bits per heavy atom. The van der Waals surface area contributed by atoms with E-state index in [1.807, 2.05) is 0 Å². The molecule has 0 bridgehead atoms. The molecule has 19 heavy (non-hydrogen) atoms. The molecule has 0 atom stereocenters. The molecule has 5 nitrogen and oxygen atoms in total. The van der Waals surface area contributed by atoms with Gasteiger partial charge in [-0.05, 0) is 12.1 Å². The zero-order valence-corrected chi connectivity index (χ0v) is 9.39. The van der Waals surface area contributed by atoms with Crippen molar-refractivity contribution >= 4 is 5.91 Å². The van der Waals surface area contributed by atoms with Gasteiger partial charge in [0.2, 0.25) is 5.88 Å². The maximum atomic E-state index is 12.1. The molecule has 1 heterocycles. The summed E-state index contributed by atoms with van der Waals surface area (Å²) >= 11 is 0. The number of nitrogens with two attached hydrogens (primary N) is 1. The molecule has 0 fully saturated rings. The zero-order valence-electron chi connectivity index (χ0n) is 9.39. The van der Waals surface area contributed by atoms with Gasteiger partial charge in [0.05, 0.1) is 5.69 Å². The molecule has 0 spiro atoms. The first-order valence-electron chi connectivity index (χ1n) is 5.08. The highest BCUT2D eigenvalue weighted by atomic mass is 19.4. The summed E-state index contributed by atoms with van der Waals surface area (Å²) in [4.78, 5) is 11.2. The first-order chi connectivity index (χ1) is 8.87. The summed E-state index contributed by atoms with van der Waals surface area (Å²) < 4.78 is 40.9. The van der Waals surface area contributed by atoms with Gasteiger partial charge in [0, 0.05) is 6.07 Å². The number of rotatable bonds is 3. The molecular formula is C11H8F3N3O2. The number of hydrogen-bond acceptors (Lipinski definition) is 3. The molecule has 1 aromatic carbocycles. The predicted octanol–water partition coefficient (Wildman–Crippen LogP) is 1.87. The van der Waals surface area contributed by atoms with Crippen LogP contribution in [0.4, 0.5) is 13.2 Å². The maximum Gasteiger partial charge on any atom is 0.574 e. The quantitative estimate of drug-likeness (QED) is 0.926. The van der Waals surface area contributed by atoms with Crippen LogP contribution in [0.1, 0.15) is 10.5 Å². The van der Waals surface area contributed by atoms with Gasteiger partial charge in [-0.1, -0.05) is 18.2 Å². The third-order valence-electron chi connectivity index (χ3n) is 2.16. The van der Waals surface area contributed by atoms with Gasteiger partial charge < -0.3 is 10.5 Å². The minimum atomic E-state index is -4.88. The Bertz CT molecular complexity index is 593. The second kappa shape index (κ2) is 4.63. The van der Waals surface area contributed by atoms with Crippen molar-refractivity contribution in [3.05, 3.63) is 42.1 Å². The van der Waals surface area contributed by atoms with E-state index in [0.717, 1.165) is 10.7 Å². The Hall–Kier alpha value is -2.51. The van der Waals surface area contributed by atoms with Crippen molar-refractivity contribution in [2.45, 2.75) is 6.36 Å². The standard InChI is InChI=1S/C11H8F3N3O2/c12-11(13,14)19-9-6-8(10(15)18)17(16-9)7-4-2-1-3-5-7/h1-6H,(H2,15,18). The number of carbonyl (C=O) groups excluding carboxylic acids is 1. The van der Waals surface area contributed by atoms with Crippen LogP contribution in [-0.4, -0.2) is 22.1 Å². The van der Waals surface area contributed by atoms with Crippen LogP contribution >= 0.6 is 0 Å². The molecule has 0 saturated carbocycles. The van der Waals surface area contributed by atoms with Crippen LogP contribution < -0.4 is 10.5 Å². The lowest BCUT2D eigenvalue weighted by atomic mass is 10.3. The predicted molar refractivity (Wildman–Crippen MR) is 58.8 cm³/mol. The fourth-order valence-corrected chi connectivity index (χ4v) is 1.47. The maximum absolute atomic E-state index is 12.1. The van der Waals surface area contributed by atoms with Crippen molar-refractivity contribution in [3.8, 4) is 11.6 Å². The number of ether oxygens (including phenoxy) is 1. The molecule has 1 aromatic heterocycles. The van der Waals surface area contributed by atoms with Crippen molar-refractivity contribution < 1.29 is 22.7 Å². The van der Waals surface area contributed by atoms with E-state index in [1.54, 1.807) is 30.3 Å². The normalized spacial score (nSPS) is 11.3. The molecule has 0 saturated heterocycles. The number of primary amides is 1. The summed E-state index contributed by atoms with van der Waals surface area (Å²) in [5.74, 6) is -1.65.